The molecule has 2 atom stereocenters. The Morgan fingerprint density at radius 2 is 1.90 bits per heavy atom. The Morgan fingerprint density at radius 3 is 2.58 bits per heavy atom. The van der Waals surface area contributed by atoms with E-state index < -0.39 is 38.7 Å². The summed E-state index contributed by atoms with van der Waals surface area (Å²) in [5.74, 6) is -1.94. The van der Waals surface area contributed by atoms with E-state index in [9.17, 15) is 27.9 Å². The van der Waals surface area contributed by atoms with Crippen molar-refractivity contribution in [1.82, 2.24) is 29.1 Å². The van der Waals surface area contributed by atoms with Gasteiger partial charge >= 0.3 is 11.7 Å². The number of hydrogen-bond donors (Lipinski definition) is 3. The van der Waals surface area contributed by atoms with Crippen molar-refractivity contribution in [2.45, 2.75) is 42.0 Å². The maximum Gasteiger partial charge on any atom is 0.332 e. The van der Waals surface area contributed by atoms with Gasteiger partial charge in [0.1, 0.15) is 17.0 Å². The minimum Gasteiger partial charge on any atom is -0.480 e. The van der Waals surface area contributed by atoms with E-state index in [2.05, 4.69) is 20.3 Å². The number of carboxylic acid groups (broad SMARTS) is 1. The highest BCUT2D eigenvalue weighted by molar-refractivity contribution is 8.02. The van der Waals surface area contributed by atoms with Crippen molar-refractivity contribution in [2.24, 2.45) is 0 Å². The van der Waals surface area contributed by atoms with Gasteiger partial charge in [-0.15, -0.1) is 11.8 Å². The number of imidazole rings is 1. The van der Waals surface area contributed by atoms with Gasteiger partial charge in [0.05, 0.1) is 17.1 Å². The highest BCUT2D eigenvalue weighted by atomic mass is 32.2. The van der Waals surface area contributed by atoms with Crippen molar-refractivity contribution < 1.29 is 23.1 Å². The highest BCUT2D eigenvalue weighted by Gasteiger charge is 2.51. The Kier molecular flexibility index (Phi) is 7.25. The number of nitrogens with one attached hydrogen (secondary N) is 2. The van der Waals surface area contributed by atoms with E-state index in [-0.39, 0.29) is 22.9 Å². The summed E-state index contributed by atoms with van der Waals surface area (Å²) in [5.41, 5.74) is 1.81. The molecular formula is C26H26N6O6S2. The normalized spacial score (nSPS) is 18.0. The zero-order valence-electron chi connectivity index (χ0n) is 21.5. The molecule has 1 unspecified atom stereocenters. The predicted octanol–water partition coefficient (Wildman–Crippen LogP) is 1.76. The van der Waals surface area contributed by atoms with Gasteiger partial charge in [-0.1, -0.05) is 12.1 Å². The van der Waals surface area contributed by atoms with Crippen LogP contribution in [0.5, 0.6) is 0 Å². The zero-order chi connectivity index (χ0) is 28.7. The fraction of sp³-hybridized carbons (Fsp3) is 0.269. The monoisotopic (exact) mass is 582 g/mol. The molecule has 0 bridgehead atoms. The van der Waals surface area contributed by atoms with Gasteiger partial charge in [0, 0.05) is 29.8 Å². The number of carboxylic acids is 1. The molecule has 3 N–H and O–H groups in total. The average molecular weight is 583 g/mol. The van der Waals surface area contributed by atoms with Gasteiger partial charge in [0.2, 0.25) is 15.9 Å². The van der Waals surface area contributed by atoms with E-state index in [1.165, 1.54) is 40.9 Å². The molecule has 1 aliphatic rings. The molecule has 12 nitrogen and oxygen atoms in total. The van der Waals surface area contributed by atoms with Crippen LogP contribution in [0.4, 0.5) is 0 Å². The second kappa shape index (κ2) is 10.5. The van der Waals surface area contributed by atoms with Crippen molar-refractivity contribution in [3.63, 3.8) is 0 Å². The zero-order valence-corrected chi connectivity index (χ0v) is 23.1. The summed E-state index contributed by atoms with van der Waals surface area (Å²) >= 11 is 1.29. The molecule has 0 radical (unpaired) electrons. The van der Waals surface area contributed by atoms with Gasteiger partial charge in [-0.2, -0.15) is 4.31 Å². The van der Waals surface area contributed by atoms with Crippen molar-refractivity contribution >= 4 is 44.8 Å². The highest BCUT2D eigenvalue weighted by Crippen LogP contribution is 2.42. The van der Waals surface area contributed by atoms with E-state index in [1.54, 1.807) is 56.4 Å². The lowest BCUT2D eigenvalue weighted by Gasteiger charge is -2.30. The molecule has 1 aromatic carbocycles. The molecular weight excluding hydrogens is 556 g/mol. The van der Waals surface area contributed by atoms with Crippen LogP contribution in [0.25, 0.3) is 16.9 Å². The lowest BCUT2D eigenvalue weighted by atomic mass is 10.0. The molecule has 0 saturated carbocycles. The van der Waals surface area contributed by atoms with E-state index >= 15 is 0 Å². The first-order valence-electron chi connectivity index (χ1n) is 12.2. The molecule has 4 heterocycles. The number of benzene rings is 1. The molecule has 14 heteroatoms. The number of amides is 1. The third-order valence-corrected chi connectivity index (χ3v) is 10.0. The number of fused-ring (bicyclic) bond motifs is 1. The van der Waals surface area contributed by atoms with E-state index in [0.29, 0.717) is 22.4 Å². The topological polar surface area (TPSA) is 167 Å². The van der Waals surface area contributed by atoms with E-state index in [1.807, 2.05) is 0 Å². The summed E-state index contributed by atoms with van der Waals surface area (Å²) in [6.45, 7) is 3.49. The molecule has 0 spiro atoms. The summed E-state index contributed by atoms with van der Waals surface area (Å²) in [6, 6.07) is 10.5. The maximum atomic E-state index is 13.5. The SMILES string of the molecule is CC1(C)SCN(S(=O)(=O)c2cccnc2)[C@@H]1C(=O)NC(Cc1ccc(-n2c(=O)[nH]c3cccnc32)cc1)C(=O)O. The third-order valence-electron chi connectivity index (χ3n) is 6.69. The Balaban J connectivity index is 1.36. The number of pyridine rings is 2. The minimum absolute atomic E-state index is 0.0313. The number of aliphatic carboxylic acids is 1. The van der Waals surface area contributed by atoms with Gasteiger partial charge in [-0.05, 0) is 55.8 Å². The first-order valence-corrected chi connectivity index (χ1v) is 14.7. The van der Waals surface area contributed by atoms with Crippen molar-refractivity contribution in [1.29, 1.82) is 0 Å². The number of sulfonamides is 1. The van der Waals surface area contributed by atoms with Crippen LogP contribution in [0.2, 0.25) is 0 Å². The number of aromatic nitrogens is 4. The van der Waals surface area contributed by atoms with Crippen molar-refractivity contribution in [3.05, 3.63) is 83.2 Å². The molecule has 40 heavy (non-hydrogen) atoms. The van der Waals surface area contributed by atoms with Crippen LogP contribution in [0.1, 0.15) is 19.4 Å². The van der Waals surface area contributed by atoms with Gasteiger partial charge in [0.25, 0.3) is 0 Å². The minimum atomic E-state index is -4.06. The number of H-pyrrole nitrogens is 1. The number of thioether (sulfide) groups is 1. The van der Waals surface area contributed by atoms with E-state index in [4.69, 9.17) is 0 Å². The van der Waals surface area contributed by atoms with Gasteiger partial charge in [-0.25, -0.2) is 27.6 Å². The molecule has 1 fully saturated rings. The number of carbonyl (C=O) groups is 2. The first kappa shape index (κ1) is 27.6. The lowest BCUT2D eigenvalue weighted by molar-refractivity contribution is -0.142. The average Bonchev–Trinajstić information content (AvgIpc) is 3.44. The standard InChI is InChI=1S/C26H26N6O6S2/c1-26(2)21(31(15-39-26)40(37,38)18-5-3-11-27-14-18)23(33)29-20(24(34)35)13-16-7-9-17(10-8-16)32-22-19(30-25(32)36)6-4-12-28-22/h3-12,14,20-21H,13,15H2,1-2H3,(H,29,33)(H,30,36)(H,34,35)/t20?,21-/m1/s1. The molecule has 0 aliphatic carbocycles. The Morgan fingerprint density at radius 1 is 1.18 bits per heavy atom. The molecule has 1 amide bonds. The quantitative estimate of drug-likeness (QED) is 0.280. The number of rotatable bonds is 8. The van der Waals surface area contributed by atoms with Gasteiger partial charge in [0.15, 0.2) is 5.65 Å². The lowest BCUT2D eigenvalue weighted by Crippen LogP contribution is -2.56. The Bertz CT molecular complexity index is 1730. The Labute approximate surface area is 233 Å². The van der Waals surface area contributed by atoms with Crippen molar-refractivity contribution in [3.8, 4) is 5.69 Å². The van der Waals surface area contributed by atoms with Crippen LogP contribution in [-0.2, 0) is 26.0 Å². The van der Waals surface area contributed by atoms with Gasteiger partial charge in [-0.3, -0.25) is 9.78 Å². The first-order chi connectivity index (χ1) is 19.0. The summed E-state index contributed by atoms with van der Waals surface area (Å²) in [6.07, 6.45) is 4.18. The van der Waals surface area contributed by atoms with Crippen LogP contribution in [0.15, 0.2) is 76.8 Å². The van der Waals surface area contributed by atoms with Crippen LogP contribution in [0, 0.1) is 0 Å². The number of carbonyl (C=O) groups excluding carboxylic acids is 1. The maximum absolute atomic E-state index is 13.5. The summed E-state index contributed by atoms with van der Waals surface area (Å²) in [4.78, 5) is 48.9. The predicted molar refractivity (Wildman–Crippen MR) is 149 cm³/mol. The fourth-order valence-corrected chi connectivity index (χ4v) is 7.80. The van der Waals surface area contributed by atoms with Crippen LogP contribution < -0.4 is 11.0 Å². The Hall–Kier alpha value is -4.01. The van der Waals surface area contributed by atoms with Gasteiger partial charge < -0.3 is 15.4 Å². The molecule has 4 aromatic rings. The van der Waals surface area contributed by atoms with Crippen molar-refractivity contribution in [2.75, 3.05) is 5.88 Å². The van der Waals surface area contributed by atoms with E-state index in [0.717, 1.165) is 4.31 Å². The number of hydrogen-bond acceptors (Lipinski definition) is 8. The molecule has 3 aromatic heterocycles. The number of aromatic amines is 1. The van der Waals surface area contributed by atoms with Crippen LogP contribution >= 0.6 is 11.8 Å². The van der Waals surface area contributed by atoms with Crippen LogP contribution in [0.3, 0.4) is 0 Å². The molecule has 208 valence electrons. The summed E-state index contributed by atoms with van der Waals surface area (Å²) < 4.78 is 28.3. The third kappa shape index (κ3) is 5.12. The molecule has 5 rings (SSSR count). The summed E-state index contributed by atoms with van der Waals surface area (Å²) in [7, 11) is -4.06. The second-order valence-corrected chi connectivity index (χ2v) is 13.3. The largest absolute Gasteiger partial charge is 0.480 e. The van der Waals surface area contributed by atoms with Crippen LogP contribution in [-0.4, -0.2) is 71.9 Å². The summed E-state index contributed by atoms with van der Waals surface area (Å²) in [5, 5.41) is 12.4. The molecule has 1 saturated heterocycles. The fourth-order valence-electron chi connectivity index (χ4n) is 4.67. The number of nitrogens with zero attached hydrogens (tertiary/aromatic N) is 4. The molecule has 1 aliphatic heterocycles. The smallest absolute Gasteiger partial charge is 0.332 e. The second-order valence-electron chi connectivity index (χ2n) is 9.77.